The summed E-state index contributed by atoms with van der Waals surface area (Å²) in [6.45, 7) is 5.90. The molecule has 0 radical (unpaired) electrons. The molecule has 1 amide bonds. The van der Waals surface area contributed by atoms with Gasteiger partial charge >= 0.3 is 0 Å². The molecule has 0 unspecified atom stereocenters. The van der Waals surface area contributed by atoms with Crippen LogP contribution in [-0.2, 0) is 26.9 Å². The molecule has 3 rings (SSSR count). The van der Waals surface area contributed by atoms with Gasteiger partial charge in [-0.1, -0.05) is 41.6 Å². The first-order valence-electron chi connectivity index (χ1n) is 9.32. The van der Waals surface area contributed by atoms with Gasteiger partial charge in [0.1, 0.15) is 17.3 Å². The van der Waals surface area contributed by atoms with Crippen LogP contribution in [0, 0.1) is 6.92 Å². The second-order valence-corrected chi connectivity index (χ2v) is 9.69. The number of sulfone groups is 1. The summed E-state index contributed by atoms with van der Waals surface area (Å²) in [5.74, 6) is -0.243. The average molecular weight is 459 g/mol. The highest BCUT2D eigenvalue weighted by Gasteiger charge is 2.21. The lowest BCUT2D eigenvalue weighted by molar-refractivity contribution is -0.113. The Morgan fingerprint density at radius 1 is 1.23 bits per heavy atom. The van der Waals surface area contributed by atoms with E-state index in [1.165, 1.54) is 12.1 Å². The third kappa shape index (κ3) is 5.96. The number of aryl methyl sites for hydroxylation is 1. The Morgan fingerprint density at radius 3 is 2.65 bits per heavy atom. The SMILES string of the molecule is C=CCn1c(CS(=O)(=O)c2ccc(C)cc2)nnc1SCC(=O)Nc1cccc(O)c1. The maximum atomic E-state index is 12.8. The highest BCUT2D eigenvalue weighted by Crippen LogP contribution is 2.22. The van der Waals surface area contributed by atoms with Gasteiger partial charge in [-0.25, -0.2) is 8.42 Å². The number of anilines is 1. The number of aromatic hydroxyl groups is 1. The molecular weight excluding hydrogens is 436 g/mol. The fourth-order valence-electron chi connectivity index (χ4n) is 2.75. The molecule has 0 bridgehead atoms. The first-order chi connectivity index (χ1) is 14.8. The molecule has 3 aromatic rings. The number of amides is 1. The van der Waals surface area contributed by atoms with Crippen LogP contribution in [0.3, 0.4) is 0 Å². The van der Waals surface area contributed by atoms with Gasteiger partial charge in [0, 0.05) is 18.3 Å². The van der Waals surface area contributed by atoms with Crippen LogP contribution >= 0.6 is 11.8 Å². The van der Waals surface area contributed by atoms with Crippen molar-refractivity contribution in [2.75, 3.05) is 11.1 Å². The number of hydrogen-bond acceptors (Lipinski definition) is 7. The van der Waals surface area contributed by atoms with Crippen molar-refractivity contribution in [1.82, 2.24) is 14.8 Å². The zero-order chi connectivity index (χ0) is 22.4. The Morgan fingerprint density at radius 2 is 1.97 bits per heavy atom. The van der Waals surface area contributed by atoms with Crippen molar-refractivity contribution in [1.29, 1.82) is 0 Å². The Kier molecular flexibility index (Phi) is 7.13. The van der Waals surface area contributed by atoms with Crippen molar-refractivity contribution in [3.05, 3.63) is 72.6 Å². The largest absolute Gasteiger partial charge is 0.508 e. The van der Waals surface area contributed by atoms with E-state index in [1.54, 1.807) is 47.0 Å². The van der Waals surface area contributed by atoms with Crippen LogP contribution in [0.25, 0.3) is 0 Å². The van der Waals surface area contributed by atoms with Crippen molar-refractivity contribution >= 4 is 33.2 Å². The number of rotatable bonds is 9. The van der Waals surface area contributed by atoms with Crippen LogP contribution in [0.1, 0.15) is 11.4 Å². The average Bonchev–Trinajstić information content (AvgIpc) is 3.08. The Labute approximate surface area is 184 Å². The van der Waals surface area contributed by atoms with Crippen LogP contribution in [0.5, 0.6) is 5.75 Å². The normalized spacial score (nSPS) is 11.3. The van der Waals surface area contributed by atoms with E-state index in [0.717, 1.165) is 17.3 Å². The van der Waals surface area contributed by atoms with Gasteiger partial charge in [0.05, 0.1) is 10.6 Å². The Balaban J connectivity index is 1.71. The van der Waals surface area contributed by atoms with E-state index in [4.69, 9.17) is 0 Å². The fraction of sp³-hybridized carbons (Fsp3) is 0.190. The highest BCUT2D eigenvalue weighted by atomic mass is 32.2. The summed E-state index contributed by atoms with van der Waals surface area (Å²) < 4.78 is 27.2. The molecule has 0 aliphatic heterocycles. The van der Waals surface area contributed by atoms with Crippen molar-refractivity contribution in [2.45, 2.75) is 29.3 Å². The Bertz CT molecular complexity index is 1190. The van der Waals surface area contributed by atoms with Crippen molar-refractivity contribution < 1.29 is 18.3 Å². The third-order valence-corrected chi connectivity index (χ3v) is 6.86. The zero-order valence-electron chi connectivity index (χ0n) is 16.9. The van der Waals surface area contributed by atoms with E-state index < -0.39 is 9.84 Å². The maximum Gasteiger partial charge on any atom is 0.234 e. The molecule has 0 spiro atoms. The molecule has 8 nitrogen and oxygen atoms in total. The number of aromatic nitrogens is 3. The maximum absolute atomic E-state index is 12.8. The lowest BCUT2D eigenvalue weighted by Crippen LogP contribution is -2.15. The number of carbonyl (C=O) groups is 1. The van der Waals surface area contributed by atoms with E-state index >= 15 is 0 Å². The van der Waals surface area contributed by atoms with Crippen LogP contribution in [0.2, 0.25) is 0 Å². The van der Waals surface area contributed by atoms with E-state index in [-0.39, 0.29) is 33.9 Å². The minimum absolute atomic E-state index is 0.0373. The van der Waals surface area contributed by atoms with Gasteiger partial charge < -0.3 is 15.0 Å². The van der Waals surface area contributed by atoms with E-state index in [0.29, 0.717) is 17.4 Å². The summed E-state index contributed by atoms with van der Waals surface area (Å²) in [6, 6.07) is 12.9. The number of phenolic OH excluding ortho intramolecular Hbond substituents is 1. The summed E-state index contributed by atoms with van der Waals surface area (Å²) >= 11 is 1.14. The van der Waals surface area contributed by atoms with E-state index in [2.05, 4.69) is 22.1 Å². The fourth-order valence-corrected chi connectivity index (χ4v) is 4.79. The predicted molar refractivity (Wildman–Crippen MR) is 120 cm³/mol. The molecule has 0 saturated heterocycles. The second-order valence-electron chi connectivity index (χ2n) is 6.76. The quantitative estimate of drug-likeness (QED) is 0.374. The first-order valence-corrected chi connectivity index (χ1v) is 12.0. The molecule has 31 heavy (non-hydrogen) atoms. The molecule has 0 fully saturated rings. The second kappa shape index (κ2) is 9.80. The first kappa shape index (κ1) is 22.6. The number of nitrogens with zero attached hydrogens (tertiary/aromatic N) is 3. The highest BCUT2D eigenvalue weighted by molar-refractivity contribution is 7.99. The van der Waals surface area contributed by atoms with Crippen LogP contribution in [-0.4, -0.2) is 39.9 Å². The van der Waals surface area contributed by atoms with Crippen molar-refractivity contribution in [2.24, 2.45) is 0 Å². The van der Waals surface area contributed by atoms with E-state index in [1.807, 2.05) is 6.92 Å². The van der Waals surface area contributed by atoms with Gasteiger partial charge in [-0.15, -0.1) is 16.8 Å². The van der Waals surface area contributed by atoms with E-state index in [9.17, 15) is 18.3 Å². The molecule has 2 aromatic carbocycles. The van der Waals surface area contributed by atoms with Gasteiger partial charge in [-0.05, 0) is 31.2 Å². The number of hydrogen-bond donors (Lipinski definition) is 2. The summed E-state index contributed by atoms with van der Waals surface area (Å²) in [5.41, 5.74) is 1.44. The molecule has 0 aliphatic rings. The number of nitrogens with one attached hydrogen (secondary N) is 1. The summed E-state index contributed by atoms with van der Waals surface area (Å²) in [4.78, 5) is 12.4. The van der Waals surface area contributed by atoms with Gasteiger partial charge in [0.25, 0.3) is 0 Å². The molecule has 1 heterocycles. The minimum atomic E-state index is -3.60. The predicted octanol–water partition coefficient (Wildman–Crippen LogP) is 3.18. The standard InChI is InChI=1S/C21H22N4O4S2/c1-3-11-25-19(14-31(28,29)18-9-7-15(2)8-10-18)23-24-21(25)30-13-20(27)22-16-5-4-6-17(26)12-16/h3-10,12,26H,1,11,13-14H2,2H3,(H,22,27). The van der Waals surface area contributed by atoms with Crippen LogP contribution in [0.15, 0.2) is 71.2 Å². The summed E-state index contributed by atoms with van der Waals surface area (Å²) in [6.07, 6.45) is 1.61. The molecular formula is C21H22N4O4S2. The van der Waals surface area contributed by atoms with Crippen LogP contribution < -0.4 is 5.32 Å². The van der Waals surface area contributed by atoms with Crippen molar-refractivity contribution in [3.8, 4) is 5.75 Å². The van der Waals surface area contributed by atoms with Crippen molar-refractivity contribution in [3.63, 3.8) is 0 Å². The topological polar surface area (TPSA) is 114 Å². The molecule has 1 aromatic heterocycles. The van der Waals surface area contributed by atoms with Gasteiger partial charge in [-0.2, -0.15) is 0 Å². The lowest BCUT2D eigenvalue weighted by atomic mass is 10.2. The smallest absolute Gasteiger partial charge is 0.234 e. The molecule has 0 atom stereocenters. The van der Waals surface area contributed by atoms with Crippen LogP contribution in [0.4, 0.5) is 5.69 Å². The Hall–Kier alpha value is -3.11. The zero-order valence-corrected chi connectivity index (χ0v) is 18.5. The number of allylic oxidation sites excluding steroid dienone is 1. The molecule has 162 valence electrons. The van der Waals surface area contributed by atoms with Gasteiger partial charge in [0.15, 0.2) is 15.0 Å². The van der Waals surface area contributed by atoms with Gasteiger partial charge in [-0.3, -0.25) is 4.79 Å². The monoisotopic (exact) mass is 458 g/mol. The summed E-state index contributed by atoms with van der Waals surface area (Å²) in [7, 11) is -3.60. The minimum Gasteiger partial charge on any atom is -0.508 e. The molecule has 0 saturated carbocycles. The number of phenols is 1. The molecule has 2 N–H and O–H groups in total. The number of thioether (sulfide) groups is 1. The number of carbonyl (C=O) groups excluding carboxylic acids is 1. The molecule has 10 heteroatoms. The number of benzene rings is 2. The summed E-state index contributed by atoms with van der Waals surface area (Å²) in [5, 5.41) is 20.7. The third-order valence-electron chi connectivity index (χ3n) is 4.27. The van der Waals surface area contributed by atoms with Gasteiger partial charge in [0.2, 0.25) is 5.91 Å². The lowest BCUT2D eigenvalue weighted by Gasteiger charge is -2.09. The molecule has 0 aliphatic carbocycles.